The molecule has 3 N–H and O–H groups in total. The van der Waals surface area contributed by atoms with E-state index in [0.717, 1.165) is 5.56 Å². The number of hydrogen-bond acceptors (Lipinski definition) is 3. The Morgan fingerprint density at radius 3 is 1.87 bits per heavy atom. The van der Waals surface area contributed by atoms with E-state index in [-0.39, 0.29) is 10.6 Å². The Labute approximate surface area is 139 Å². The molecule has 3 aromatic carbocycles. The maximum atomic E-state index is 10.9. The summed E-state index contributed by atoms with van der Waals surface area (Å²) in [6.07, 6.45) is 0. The van der Waals surface area contributed by atoms with Crippen molar-refractivity contribution in [2.24, 2.45) is 0 Å². The van der Waals surface area contributed by atoms with Crippen LogP contribution in [0, 0.1) is 0 Å². The van der Waals surface area contributed by atoms with E-state index in [2.05, 4.69) is 0 Å². The zero-order valence-corrected chi connectivity index (χ0v) is 13.8. The van der Waals surface area contributed by atoms with Crippen molar-refractivity contribution in [1.82, 2.24) is 0 Å². The van der Waals surface area contributed by atoms with E-state index in [4.69, 9.17) is 11.6 Å². The molecule has 0 fully saturated rings. The van der Waals surface area contributed by atoms with Crippen LogP contribution in [0.4, 0.5) is 0 Å². The van der Waals surface area contributed by atoms with Gasteiger partial charge in [0, 0.05) is 0 Å². The molecule has 3 rings (SSSR count). The molecule has 3 nitrogen and oxygen atoms in total. The van der Waals surface area contributed by atoms with Crippen LogP contribution < -0.4 is 10.6 Å². The second-order valence-corrected chi connectivity index (χ2v) is 8.74. The van der Waals surface area contributed by atoms with Gasteiger partial charge in [-0.1, -0.05) is 0 Å². The molecular formula is C18H16ClO3P. The predicted molar refractivity (Wildman–Crippen MR) is 96.2 cm³/mol. The van der Waals surface area contributed by atoms with Crippen LogP contribution in [-0.2, 0) is 0 Å². The summed E-state index contributed by atoms with van der Waals surface area (Å²) < 4.78 is 0. The fourth-order valence-corrected chi connectivity index (χ4v) is 4.72. The van der Waals surface area contributed by atoms with Gasteiger partial charge in [-0.05, 0) is 0 Å². The van der Waals surface area contributed by atoms with Crippen LogP contribution in [0.3, 0.4) is 0 Å². The molecule has 0 aliphatic rings. The number of halogens is 1. The van der Waals surface area contributed by atoms with Crippen molar-refractivity contribution < 1.29 is 14.7 Å². The average Bonchev–Trinajstić information content (AvgIpc) is 2.56. The summed E-state index contributed by atoms with van der Waals surface area (Å²) in [5.74, 6) is 0. The van der Waals surface area contributed by atoms with Crippen LogP contribution in [0.1, 0.15) is 0 Å². The minimum absolute atomic E-state index is 0.0674. The summed E-state index contributed by atoms with van der Waals surface area (Å²) in [5.41, 5.74) is 1.24. The first kappa shape index (κ1) is 16.1. The van der Waals surface area contributed by atoms with Crippen molar-refractivity contribution in [2.75, 3.05) is 0 Å². The molecule has 0 saturated carbocycles. The van der Waals surface area contributed by atoms with Crippen molar-refractivity contribution in [1.29, 1.82) is 0 Å². The van der Waals surface area contributed by atoms with Crippen LogP contribution in [-0.4, -0.2) is 14.7 Å². The van der Waals surface area contributed by atoms with Gasteiger partial charge in [-0.25, -0.2) is 0 Å². The molecule has 0 aliphatic heterocycles. The van der Waals surface area contributed by atoms with Crippen LogP contribution in [0.2, 0.25) is 5.02 Å². The topological polar surface area (TPSA) is 60.7 Å². The quantitative estimate of drug-likeness (QED) is 0.638. The second kappa shape index (κ2) is 5.72. The van der Waals surface area contributed by atoms with Gasteiger partial charge in [-0.3, -0.25) is 0 Å². The average molecular weight is 347 g/mol. The molecule has 3 aromatic rings. The Morgan fingerprint density at radius 1 is 0.696 bits per heavy atom. The van der Waals surface area contributed by atoms with Crippen LogP contribution in [0.5, 0.6) is 0 Å². The zero-order chi connectivity index (χ0) is 16.5. The zero-order valence-electron chi connectivity index (χ0n) is 12.2. The van der Waals surface area contributed by atoms with Gasteiger partial charge >= 0.3 is 139 Å². The van der Waals surface area contributed by atoms with Gasteiger partial charge in [0.2, 0.25) is 0 Å². The van der Waals surface area contributed by atoms with Gasteiger partial charge in [0.1, 0.15) is 0 Å². The molecule has 0 atom stereocenters. The van der Waals surface area contributed by atoms with E-state index in [1.807, 2.05) is 30.3 Å². The predicted octanol–water partition coefficient (Wildman–Crippen LogP) is 3.23. The minimum atomic E-state index is -5.25. The molecule has 0 aliphatic carbocycles. The van der Waals surface area contributed by atoms with E-state index < -0.39 is 7.28 Å². The summed E-state index contributed by atoms with van der Waals surface area (Å²) in [6, 6.07) is 21.9. The Hall–Kier alpha value is -1.74. The van der Waals surface area contributed by atoms with Crippen molar-refractivity contribution in [3.63, 3.8) is 0 Å². The molecule has 0 heterocycles. The molecule has 5 heteroatoms. The molecule has 0 radical (unpaired) electrons. The Bertz CT molecular complexity index is 827. The first-order chi connectivity index (χ1) is 10.9. The molecule has 0 spiro atoms. The Balaban J connectivity index is 2.29. The summed E-state index contributed by atoms with van der Waals surface area (Å²) in [5, 5.41) is 0.600. The molecule has 0 amide bonds. The summed E-state index contributed by atoms with van der Waals surface area (Å²) >= 11 is 6.08. The molecule has 0 saturated heterocycles. The third-order valence-electron chi connectivity index (χ3n) is 3.72. The number of benzene rings is 3. The fraction of sp³-hybridized carbons (Fsp3) is 0. The standard InChI is InChI=1S/C18H16ClO3P/c19-15-11-12-18(17(13-15)14-7-3-1-4-8-14)23(20,21,22)16-9-5-2-6-10-16/h1-13,20-22H. The number of rotatable bonds is 3. The van der Waals surface area contributed by atoms with E-state index in [0.29, 0.717) is 10.6 Å². The van der Waals surface area contributed by atoms with Crippen LogP contribution in [0.15, 0.2) is 78.9 Å². The van der Waals surface area contributed by atoms with Gasteiger partial charge in [-0.15, -0.1) is 0 Å². The van der Waals surface area contributed by atoms with Gasteiger partial charge in [0.25, 0.3) is 0 Å². The van der Waals surface area contributed by atoms with E-state index in [1.165, 1.54) is 24.3 Å². The molecule has 0 unspecified atom stereocenters. The summed E-state index contributed by atoms with van der Waals surface area (Å²) in [4.78, 5) is 32.6. The molecule has 118 valence electrons. The van der Waals surface area contributed by atoms with Crippen LogP contribution >= 0.6 is 18.9 Å². The van der Waals surface area contributed by atoms with E-state index in [9.17, 15) is 14.7 Å². The van der Waals surface area contributed by atoms with E-state index in [1.54, 1.807) is 24.3 Å². The summed E-state index contributed by atoms with van der Waals surface area (Å²) in [7, 11) is -5.25. The molecule has 0 aromatic heterocycles. The number of hydrogen-bond donors (Lipinski definition) is 3. The SMILES string of the molecule is OP(O)(O)(c1ccccc1)c1ccc(Cl)cc1-c1ccccc1. The van der Waals surface area contributed by atoms with Crippen molar-refractivity contribution in [2.45, 2.75) is 0 Å². The Kier molecular flexibility index (Phi) is 4.01. The fourth-order valence-electron chi connectivity index (χ4n) is 2.56. The van der Waals surface area contributed by atoms with Gasteiger partial charge in [0.15, 0.2) is 0 Å². The van der Waals surface area contributed by atoms with E-state index >= 15 is 0 Å². The van der Waals surface area contributed by atoms with Gasteiger partial charge in [0.05, 0.1) is 0 Å². The first-order valence-electron chi connectivity index (χ1n) is 7.05. The molecule has 0 bridgehead atoms. The Morgan fingerprint density at radius 2 is 1.26 bits per heavy atom. The molecule has 23 heavy (non-hydrogen) atoms. The van der Waals surface area contributed by atoms with Gasteiger partial charge < -0.3 is 0 Å². The monoisotopic (exact) mass is 346 g/mol. The van der Waals surface area contributed by atoms with Crippen molar-refractivity contribution in [3.05, 3.63) is 83.9 Å². The second-order valence-electron chi connectivity index (χ2n) is 5.34. The normalized spacial score (nSPS) is 13.3. The van der Waals surface area contributed by atoms with Crippen molar-refractivity contribution in [3.8, 4) is 11.1 Å². The van der Waals surface area contributed by atoms with Crippen molar-refractivity contribution >= 4 is 29.5 Å². The maximum absolute atomic E-state index is 10.9. The molecular weight excluding hydrogens is 331 g/mol. The van der Waals surface area contributed by atoms with Gasteiger partial charge in [-0.2, -0.15) is 0 Å². The first-order valence-corrected chi connectivity index (χ1v) is 9.52. The third kappa shape index (κ3) is 3.02. The van der Waals surface area contributed by atoms with Crippen LogP contribution in [0.25, 0.3) is 11.1 Å². The third-order valence-corrected chi connectivity index (χ3v) is 6.48. The summed E-state index contributed by atoms with van der Waals surface area (Å²) in [6.45, 7) is 0.